The zero-order chi connectivity index (χ0) is 15.4. The lowest BCUT2D eigenvalue weighted by molar-refractivity contribution is -0.130. The first kappa shape index (κ1) is 15.1. The second-order valence-corrected chi connectivity index (χ2v) is 8.14. The van der Waals surface area contributed by atoms with Crippen LogP contribution in [0.15, 0.2) is 21.4 Å². The van der Waals surface area contributed by atoms with E-state index in [9.17, 15) is 10.0 Å². The SMILES string of the molecule is CC(C)(C)OC(=O)N1CCC2(CC2)C2=CC=C(I)N(O)C21. The van der Waals surface area contributed by atoms with Crippen LogP contribution in [0.2, 0.25) is 0 Å². The highest BCUT2D eigenvalue weighted by atomic mass is 127. The van der Waals surface area contributed by atoms with Gasteiger partial charge < -0.3 is 4.74 Å². The molecule has 1 spiro atoms. The minimum Gasteiger partial charge on any atom is -0.444 e. The highest BCUT2D eigenvalue weighted by molar-refractivity contribution is 14.1. The normalized spacial score (nSPS) is 27.0. The number of likely N-dealkylation sites (tertiary alicyclic amines) is 1. The molecule has 1 unspecified atom stereocenters. The molecule has 0 radical (unpaired) electrons. The summed E-state index contributed by atoms with van der Waals surface area (Å²) in [6.45, 7) is 6.19. The number of hydrogen-bond donors (Lipinski definition) is 1. The van der Waals surface area contributed by atoms with E-state index in [2.05, 4.69) is 28.7 Å². The monoisotopic (exact) mass is 404 g/mol. The molecular formula is C15H21IN2O3. The number of ether oxygens (including phenoxy) is 1. The highest BCUT2D eigenvalue weighted by Crippen LogP contribution is 2.59. The van der Waals surface area contributed by atoms with E-state index in [-0.39, 0.29) is 11.5 Å². The Morgan fingerprint density at radius 2 is 2.05 bits per heavy atom. The van der Waals surface area contributed by atoms with Crippen LogP contribution in [0.4, 0.5) is 4.79 Å². The van der Waals surface area contributed by atoms with Gasteiger partial charge >= 0.3 is 6.09 Å². The van der Waals surface area contributed by atoms with Crippen molar-refractivity contribution in [1.82, 2.24) is 9.96 Å². The smallest absolute Gasteiger partial charge is 0.412 e. The molecule has 3 aliphatic rings. The van der Waals surface area contributed by atoms with Crippen molar-refractivity contribution in [3.63, 3.8) is 0 Å². The zero-order valence-electron chi connectivity index (χ0n) is 12.6. The summed E-state index contributed by atoms with van der Waals surface area (Å²) in [4.78, 5) is 14.1. The fourth-order valence-electron chi connectivity index (χ4n) is 3.12. The lowest BCUT2D eigenvalue weighted by atomic mass is 9.84. The molecule has 21 heavy (non-hydrogen) atoms. The second kappa shape index (κ2) is 4.87. The van der Waals surface area contributed by atoms with Gasteiger partial charge in [0, 0.05) is 6.54 Å². The molecule has 5 nitrogen and oxygen atoms in total. The van der Waals surface area contributed by atoms with Gasteiger partial charge in [0.25, 0.3) is 0 Å². The molecule has 1 saturated heterocycles. The van der Waals surface area contributed by atoms with Gasteiger partial charge in [0.15, 0.2) is 6.17 Å². The van der Waals surface area contributed by atoms with Crippen LogP contribution in [-0.4, -0.2) is 39.6 Å². The number of halogens is 1. The molecule has 1 amide bonds. The summed E-state index contributed by atoms with van der Waals surface area (Å²) in [5, 5.41) is 11.6. The van der Waals surface area contributed by atoms with E-state index in [1.807, 2.05) is 26.8 Å². The van der Waals surface area contributed by atoms with Crippen molar-refractivity contribution in [2.45, 2.75) is 51.8 Å². The predicted octanol–water partition coefficient (Wildman–Crippen LogP) is 3.64. The van der Waals surface area contributed by atoms with E-state index in [1.165, 1.54) is 5.06 Å². The van der Waals surface area contributed by atoms with Crippen LogP contribution in [0.3, 0.4) is 0 Å². The molecule has 6 heteroatoms. The van der Waals surface area contributed by atoms with Crippen molar-refractivity contribution in [1.29, 1.82) is 0 Å². The maximum absolute atomic E-state index is 12.5. The first-order valence-electron chi connectivity index (χ1n) is 7.29. The van der Waals surface area contributed by atoms with Gasteiger partial charge in [-0.05, 0) is 79.7 Å². The summed E-state index contributed by atoms with van der Waals surface area (Å²) in [5.41, 5.74) is 0.800. The molecule has 116 valence electrons. The Balaban J connectivity index is 1.89. The number of carbonyl (C=O) groups excluding carboxylic acids is 1. The quantitative estimate of drug-likeness (QED) is 0.495. The number of hydrogen-bond acceptors (Lipinski definition) is 4. The molecular weight excluding hydrogens is 383 g/mol. The third kappa shape index (κ3) is 2.67. The van der Waals surface area contributed by atoms with Crippen LogP contribution in [0.5, 0.6) is 0 Å². The summed E-state index contributed by atoms with van der Waals surface area (Å²) in [5.74, 6) is 0. The molecule has 3 rings (SSSR count). The molecule has 0 aromatic carbocycles. The molecule has 1 atom stereocenters. The molecule has 2 aliphatic heterocycles. The van der Waals surface area contributed by atoms with E-state index >= 15 is 0 Å². The van der Waals surface area contributed by atoms with Gasteiger partial charge in [-0.1, -0.05) is 6.08 Å². The molecule has 1 saturated carbocycles. The molecule has 1 N–H and O–H groups in total. The van der Waals surface area contributed by atoms with Crippen molar-refractivity contribution < 1.29 is 14.7 Å². The number of amides is 1. The first-order valence-corrected chi connectivity index (χ1v) is 8.37. The lowest BCUT2D eigenvalue weighted by Gasteiger charge is -2.46. The standard InChI is InChI=1S/C15H21IN2O3/c1-14(2,3)21-13(19)17-9-8-15(6-7-15)10-4-5-11(16)18(20)12(10)17/h4-5,12,20H,6-9H2,1-3H3. The zero-order valence-corrected chi connectivity index (χ0v) is 14.8. The van der Waals surface area contributed by atoms with Gasteiger partial charge in [-0.3, -0.25) is 10.1 Å². The first-order chi connectivity index (χ1) is 9.73. The van der Waals surface area contributed by atoms with E-state index in [0.29, 0.717) is 10.2 Å². The average molecular weight is 404 g/mol. The van der Waals surface area contributed by atoms with Crippen LogP contribution in [0.1, 0.15) is 40.0 Å². The van der Waals surface area contributed by atoms with E-state index in [0.717, 1.165) is 24.8 Å². The average Bonchev–Trinajstić information content (AvgIpc) is 3.13. The Hall–Kier alpha value is -0.760. The molecule has 2 heterocycles. The number of nitrogens with zero attached hydrogens (tertiary/aromatic N) is 2. The van der Waals surface area contributed by atoms with Crippen molar-refractivity contribution in [3.05, 3.63) is 21.4 Å². The molecule has 2 fully saturated rings. The van der Waals surface area contributed by atoms with E-state index in [4.69, 9.17) is 4.74 Å². The molecule has 0 bridgehead atoms. The summed E-state index contributed by atoms with van der Waals surface area (Å²) >= 11 is 2.08. The van der Waals surface area contributed by atoms with Crippen LogP contribution in [0.25, 0.3) is 0 Å². The summed E-state index contributed by atoms with van der Waals surface area (Å²) in [6.07, 6.45) is 6.44. The van der Waals surface area contributed by atoms with Crippen LogP contribution in [-0.2, 0) is 4.74 Å². The summed E-state index contributed by atoms with van der Waals surface area (Å²) in [6, 6.07) is 0. The number of allylic oxidation sites excluding steroid dienone is 2. The van der Waals surface area contributed by atoms with E-state index in [1.54, 1.807) is 4.90 Å². The number of hydroxylamine groups is 2. The summed E-state index contributed by atoms with van der Waals surface area (Å²) in [7, 11) is 0. The molecule has 0 aromatic rings. The number of rotatable bonds is 0. The van der Waals surface area contributed by atoms with Crippen LogP contribution in [0, 0.1) is 5.41 Å². The third-order valence-corrected chi connectivity index (χ3v) is 5.20. The maximum Gasteiger partial charge on any atom is 0.412 e. The van der Waals surface area contributed by atoms with Crippen molar-refractivity contribution in [2.75, 3.05) is 6.54 Å². The lowest BCUT2D eigenvalue weighted by Crippen LogP contribution is -2.56. The fourth-order valence-corrected chi connectivity index (χ4v) is 3.57. The topological polar surface area (TPSA) is 53.0 Å². The molecule has 0 aromatic heterocycles. The second-order valence-electron chi connectivity index (χ2n) is 7.03. The minimum atomic E-state index is -0.534. The minimum absolute atomic E-state index is 0.192. The van der Waals surface area contributed by atoms with Crippen molar-refractivity contribution >= 4 is 28.7 Å². The number of fused-ring (bicyclic) bond motifs is 2. The van der Waals surface area contributed by atoms with Crippen molar-refractivity contribution in [3.8, 4) is 0 Å². The Morgan fingerprint density at radius 1 is 1.38 bits per heavy atom. The molecule has 1 aliphatic carbocycles. The summed E-state index contributed by atoms with van der Waals surface area (Å²) < 4.78 is 6.21. The van der Waals surface area contributed by atoms with Crippen LogP contribution < -0.4 is 0 Å². The Kier molecular flexibility index (Phi) is 3.52. The van der Waals surface area contributed by atoms with Gasteiger partial charge in [-0.2, -0.15) is 0 Å². The van der Waals surface area contributed by atoms with Gasteiger partial charge in [-0.25, -0.2) is 9.86 Å². The fraction of sp³-hybridized carbons (Fsp3) is 0.667. The van der Waals surface area contributed by atoms with Crippen LogP contribution >= 0.6 is 22.6 Å². The number of carbonyl (C=O) groups is 1. The Labute approximate surface area is 138 Å². The van der Waals surface area contributed by atoms with Gasteiger partial charge in [-0.15, -0.1) is 0 Å². The van der Waals surface area contributed by atoms with E-state index < -0.39 is 11.8 Å². The third-order valence-electron chi connectivity index (χ3n) is 4.35. The largest absolute Gasteiger partial charge is 0.444 e. The van der Waals surface area contributed by atoms with Gasteiger partial charge in [0.1, 0.15) is 9.30 Å². The number of piperidine rings is 1. The highest BCUT2D eigenvalue weighted by Gasteiger charge is 2.55. The Bertz CT molecular complexity index is 532. The maximum atomic E-state index is 12.5. The van der Waals surface area contributed by atoms with Crippen molar-refractivity contribution in [2.24, 2.45) is 5.41 Å². The Morgan fingerprint density at radius 3 is 2.62 bits per heavy atom. The van der Waals surface area contributed by atoms with Gasteiger partial charge in [0.2, 0.25) is 0 Å². The predicted molar refractivity (Wildman–Crippen MR) is 86.8 cm³/mol. The van der Waals surface area contributed by atoms with Gasteiger partial charge in [0.05, 0.1) is 0 Å².